The topological polar surface area (TPSA) is 72.5 Å². The summed E-state index contributed by atoms with van der Waals surface area (Å²) in [6.07, 6.45) is 5.33. The van der Waals surface area contributed by atoms with Crippen LogP contribution in [0.25, 0.3) is 10.9 Å². The highest BCUT2D eigenvalue weighted by molar-refractivity contribution is 5.83. The van der Waals surface area contributed by atoms with Gasteiger partial charge in [0, 0.05) is 49.7 Å². The fraction of sp³-hybridized carbons (Fsp3) is 0.500. The number of aromatic amines is 1. The first kappa shape index (κ1) is 19.2. The van der Waals surface area contributed by atoms with Crippen LogP contribution in [0.4, 0.5) is 4.39 Å². The number of carbonyl (C=O) groups excluding carboxylic acids is 1. The Hall–Kier alpha value is -2.57. The van der Waals surface area contributed by atoms with E-state index in [-0.39, 0.29) is 11.7 Å². The third kappa shape index (κ3) is 5.21. The highest BCUT2D eigenvalue weighted by atomic mass is 19.1. The van der Waals surface area contributed by atoms with Crippen molar-refractivity contribution in [1.82, 2.24) is 20.5 Å². The second kappa shape index (κ2) is 9.39. The van der Waals surface area contributed by atoms with Crippen molar-refractivity contribution in [3.8, 4) is 0 Å². The number of amides is 1. The second-order valence-electron chi connectivity index (χ2n) is 6.78. The molecular weight excluding hydrogens is 345 g/mol. The number of aliphatic imine (C=N–C) groups is 1. The molecule has 0 spiro atoms. The summed E-state index contributed by atoms with van der Waals surface area (Å²) in [5.74, 6) is 0.666. The van der Waals surface area contributed by atoms with Crippen molar-refractivity contribution < 1.29 is 9.18 Å². The van der Waals surface area contributed by atoms with Gasteiger partial charge in [0.15, 0.2) is 5.96 Å². The standard InChI is InChI=1S/C20H28FN5O/c1-2-22-20(24-10-8-19(27)26-11-3-4-12-26)23-9-7-15-14-25-18-6-5-16(21)13-17(15)18/h5-6,13-14,25H,2-4,7-12H2,1H3,(H2,22,23,24). The highest BCUT2D eigenvalue weighted by Gasteiger charge is 2.17. The summed E-state index contributed by atoms with van der Waals surface area (Å²) >= 11 is 0. The van der Waals surface area contributed by atoms with Gasteiger partial charge < -0.3 is 20.5 Å². The number of guanidine groups is 1. The van der Waals surface area contributed by atoms with Gasteiger partial charge in [0.25, 0.3) is 0 Å². The van der Waals surface area contributed by atoms with Gasteiger partial charge in [-0.3, -0.25) is 9.79 Å². The molecule has 0 unspecified atom stereocenters. The Morgan fingerprint density at radius 3 is 2.89 bits per heavy atom. The van der Waals surface area contributed by atoms with E-state index in [1.54, 1.807) is 12.1 Å². The van der Waals surface area contributed by atoms with Gasteiger partial charge in [-0.2, -0.15) is 0 Å². The van der Waals surface area contributed by atoms with Crippen LogP contribution < -0.4 is 10.6 Å². The van der Waals surface area contributed by atoms with E-state index in [4.69, 9.17) is 0 Å². The smallest absolute Gasteiger partial charge is 0.224 e. The van der Waals surface area contributed by atoms with Gasteiger partial charge in [0.05, 0.1) is 6.54 Å². The Morgan fingerprint density at radius 2 is 2.11 bits per heavy atom. The van der Waals surface area contributed by atoms with E-state index in [1.807, 2.05) is 18.0 Å². The number of benzene rings is 1. The van der Waals surface area contributed by atoms with E-state index in [1.165, 1.54) is 6.07 Å². The zero-order chi connectivity index (χ0) is 19.1. The first-order valence-corrected chi connectivity index (χ1v) is 9.73. The molecule has 0 saturated carbocycles. The number of halogens is 1. The number of hydrogen-bond donors (Lipinski definition) is 3. The van der Waals surface area contributed by atoms with E-state index < -0.39 is 0 Å². The molecule has 7 heteroatoms. The summed E-state index contributed by atoms with van der Waals surface area (Å²) in [5, 5.41) is 7.40. The molecule has 3 rings (SSSR count). The molecule has 0 aliphatic carbocycles. The predicted octanol–water partition coefficient (Wildman–Crippen LogP) is 2.42. The normalized spacial score (nSPS) is 14.7. The number of H-pyrrole nitrogens is 1. The van der Waals surface area contributed by atoms with Gasteiger partial charge in [0.1, 0.15) is 5.82 Å². The lowest BCUT2D eigenvalue weighted by Gasteiger charge is -2.15. The number of hydrogen-bond acceptors (Lipinski definition) is 2. The molecule has 2 heterocycles. The van der Waals surface area contributed by atoms with Crippen LogP contribution in [0.3, 0.4) is 0 Å². The fourth-order valence-electron chi connectivity index (χ4n) is 3.40. The predicted molar refractivity (Wildman–Crippen MR) is 106 cm³/mol. The van der Waals surface area contributed by atoms with Crippen molar-refractivity contribution >= 4 is 22.8 Å². The third-order valence-electron chi connectivity index (χ3n) is 4.81. The summed E-state index contributed by atoms with van der Waals surface area (Å²) in [6.45, 7) is 5.68. The Labute approximate surface area is 159 Å². The Morgan fingerprint density at radius 1 is 1.30 bits per heavy atom. The minimum absolute atomic E-state index is 0.188. The summed E-state index contributed by atoms with van der Waals surface area (Å²) in [4.78, 5) is 21.7. The first-order valence-electron chi connectivity index (χ1n) is 9.73. The van der Waals surface area contributed by atoms with Crippen molar-refractivity contribution in [2.24, 2.45) is 4.99 Å². The van der Waals surface area contributed by atoms with Crippen LogP contribution in [0.1, 0.15) is 31.7 Å². The maximum Gasteiger partial charge on any atom is 0.224 e. The molecule has 27 heavy (non-hydrogen) atoms. The average Bonchev–Trinajstić information content (AvgIpc) is 3.32. The highest BCUT2D eigenvalue weighted by Crippen LogP contribution is 2.19. The lowest BCUT2D eigenvalue weighted by atomic mass is 10.1. The second-order valence-corrected chi connectivity index (χ2v) is 6.78. The molecule has 1 aliphatic heterocycles. The summed E-state index contributed by atoms with van der Waals surface area (Å²) in [5.41, 5.74) is 2.00. The minimum Gasteiger partial charge on any atom is -0.361 e. The molecular formula is C20H28FN5O. The number of fused-ring (bicyclic) bond motifs is 1. The first-order chi connectivity index (χ1) is 13.2. The van der Waals surface area contributed by atoms with Gasteiger partial charge in [-0.25, -0.2) is 4.39 Å². The summed E-state index contributed by atoms with van der Waals surface area (Å²) in [6, 6.07) is 4.77. The van der Waals surface area contributed by atoms with Crippen LogP contribution in [0.2, 0.25) is 0 Å². The van der Waals surface area contributed by atoms with Crippen LogP contribution in [-0.2, 0) is 11.2 Å². The number of rotatable bonds is 7. The van der Waals surface area contributed by atoms with Crippen LogP contribution in [0.15, 0.2) is 29.4 Å². The van der Waals surface area contributed by atoms with E-state index in [9.17, 15) is 9.18 Å². The lowest BCUT2D eigenvalue weighted by molar-refractivity contribution is -0.129. The largest absolute Gasteiger partial charge is 0.361 e. The Balaban J connectivity index is 1.49. The van der Waals surface area contributed by atoms with E-state index in [0.29, 0.717) is 25.5 Å². The van der Waals surface area contributed by atoms with Gasteiger partial charge in [0.2, 0.25) is 5.91 Å². The molecule has 146 valence electrons. The fourth-order valence-corrected chi connectivity index (χ4v) is 3.40. The molecule has 0 bridgehead atoms. The van der Waals surface area contributed by atoms with E-state index in [0.717, 1.165) is 55.4 Å². The molecule has 3 N–H and O–H groups in total. The monoisotopic (exact) mass is 373 g/mol. The zero-order valence-electron chi connectivity index (χ0n) is 15.9. The molecule has 1 amide bonds. The number of nitrogens with one attached hydrogen (secondary N) is 3. The number of likely N-dealkylation sites (tertiary alicyclic amines) is 1. The third-order valence-corrected chi connectivity index (χ3v) is 4.81. The van der Waals surface area contributed by atoms with Crippen molar-refractivity contribution in [3.05, 3.63) is 35.8 Å². The number of carbonyl (C=O) groups is 1. The molecule has 1 aromatic heterocycles. The molecule has 0 atom stereocenters. The number of aromatic nitrogens is 1. The Bertz CT molecular complexity index is 795. The van der Waals surface area contributed by atoms with E-state index in [2.05, 4.69) is 20.6 Å². The van der Waals surface area contributed by atoms with Crippen LogP contribution >= 0.6 is 0 Å². The van der Waals surface area contributed by atoms with Crippen molar-refractivity contribution in [2.75, 3.05) is 32.7 Å². The molecule has 1 fully saturated rings. The van der Waals surface area contributed by atoms with Crippen LogP contribution in [0, 0.1) is 5.82 Å². The zero-order valence-corrected chi connectivity index (χ0v) is 15.9. The van der Waals surface area contributed by atoms with Gasteiger partial charge in [-0.15, -0.1) is 0 Å². The van der Waals surface area contributed by atoms with Crippen molar-refractivity contribution in [2.45, 2.75) is 32.6 Å². The van der Waals surface area contributed by atoms with Crippen LogP contribution in [0.5, 0.6) is 0 Å². The lowest BCUT2D eigenvalue weighted by Crippen LogP contribution is -2.38. The van der Waals surface area contributed by atoms with Gasteiger partial charge in [-0.1, -0.05) is 0 Å². The molecule has 1 aromatic carbocycles. The average molecular weight is 373 g/mol. The SMILES string of the molecule is CCNC(=NCCC(=O)N1CCCC1)NCCc1c[nH]c2ccc(F)cc12. The van der Waals surface area contributed by atoms with Crippen LogP contribution in [-0.4, -0.2) is 54.5 Å². The molecule has 0 radical (unpaired) electrons. The van der Waals surface area contributed by atoms with Gasteiger partial charge >= 0.3 is 0 Å². The van der Waals surface area contributed by atoms with Crippen molar-refractivity contribution in [1.29, 1.82) is 0 Å². The number of nitrogens with zero attached hydrogens (tertiary/aromatic N) is 2. The summed E-state index contributed by atoms with van der Waals surface area (Å²) < 4.78 is 13.5. The maximum absolute atomic E-state index is 13.5. The molecule has 2 aromatic rings. The molecule has 6 nitrogen and oxygen atoms in total. The Kier molecular flexibility index (Phi) is 6.68. The summed E-state index contributed by atoms with van der Waals surface area (Å²) in [7, 11) is 0. The quantitative estimate of drug-likeness (QED) is 0.516. The van der Waals surface area contributed by atoms with Gasteiger partial charge in [-0.05, 0) is 49.9 Å². The van der Waals surface area contributed by atoms with Crippen molar-refractivity contribution in [3.63, 3.8) is 0 Å². The minimum atomic E-state index is -0.228. The van der Waals surface area contributed by atoms with E-state index >= 15 is 0 Å². The maximum atomic E-state index is 13.5. The molecule has 1 aliphatic rings. The molecule has 1 saturated heterocycles.